The molecule has 0 aromatic heterocycles. The van der Waals surface area contributed by atoms with Gasteiger partial charge in [0, 0.05) is 42.8 Å². The minimum Gasteiger partial charge on any atom is -0.497 e. The van der Waals surface area contributed by atoms with Gasteiger partial charge in [-0.3, -0.25) is 9.59 Å². The molecule has 2 aromatic carbocycles. The second-order valence-corrected chi connectivity index (χ2v) is 7.10. The summed E-state index contributed by atoms with van der Waals surface area (Å²) in [5.41, 5.74) is 2.44. The number of rotatable bonds is 4. The molecule has 1 fully saturated rings. The fourth-order valence-corrected chi connectivity index (χ4v) is 3.20. The van der Waals surface area contributed by atoms with Gasteiger partial charge < -0.3 is 14.5 Å². The van der Waals surface area contributed by atoms with E-state index in [1.807, 2.05) is 31.2 Å². The summed E-state index contributed by atoms with van der Waals surface area (Å²) >= 11 is 6.03. The smallest absolute Gasteiger partial charge is 0.253 e. The van der Waals surface area contributed by atoms with Crippen molar-refractivity contribution >= 4 is 29.5 Å². The largest absolute Gasteiger partial charge is 0.497 e. The summed E-state index contributed by atoms with van der Waals surface area (Å²) in [5.74, 6) is 0.700. The second kappa shape index (κ2) is 8.93. The van der Waals surface area contributed by atoms with Gasteiger partial charge in [-0.15, -0.1) is 0 Å². The highest BCUT2D eigenvalue weighted by molar-refractivity contribution is 6.31. The Morgan fingerprint density at radius 1 is 1.00 bits per heavy atom. The monoisotopic (exact) mass is 398 g/mol. The lowest BCUT2D eigenvalue weighted by Crippen LogP contribution is -2.50. The summed E-state index contributed by atoms with van der Waals surface area (Å²) in [6.07, 6.45) is 3.36. The Morgan fingerprint density at radius 3 is 2.25 bits per heavy atom. The average molecular weight is 399 g/mol. The van der Waals surface area contributed by atoms with E-state index in [0.29, 0.717) is 36.8 Å². The van der Waals surface area contributed by atoms with Crippen LogP contribution in [0.15, 0.2) is 48.5 Å². The third kappa shape index (κ3) is 4.73. The number of methoxy groups -OCH3 is 1. The molecule has 1 saturated heterocycles. The highest BCUT2D eigenvalue weighted by atomic mass is 35.5. The molecule has 0 radical (unpaired) electrons. The maximum absolute atomic E-state index is 12.7. The first kappa shape index (κ1) is 20.0. The molecule has 5 nitrogen and oxygen atoms in total. The zero-order valence-corrected chi connectivity index (χ0v) is 16.8. The summed E-state index contributed by atoms with van der Waals surface area (Å²) < 4.78 is 5.13. The van der Waals surface area contributed by atoms with Crippen molar-refractivity contribution in [1.82, 2.24) is 9.80 Å². The van der Waals surface area contributed by atoms with Crippen molar-refractivity contribution in [3.8, 4) is 5.75 Å². The maximum Gasteiger partial charge on any atom is 0.253 e. The molecule has 6 heteroatoms. The van der Waals surface area contributed by atoms with E-state index in [1.165, 1.54) is 0 Å². The van der Waals surface area contributed by atoms with Gasteiger partial charge in [0.25, 0.3) is 5.91 Å². The standard InChI is InChI=1S/C22H23ClN2O3/c1-16-15-18(6-9-20(16)23)22(27)25-13-11-24(12-14-25)21(26)10-5-17-3-7-19(28-2)8-4-17/h3-10,15H,11-14H2,1-2H3/b10-5+. The minimum absolute atomic E-state index is 0.0272. The Morgan fingerprint density at radius 2 is 1.64 bits per heavy atom. The van der Waals surface area contributed by atoms with Gasteiger partial charge in [0.1, 0.15) is 5.75 Å². The van der Waals surface area contributed by atoms with E-state index in [4.69, 9.17) is 16.3 Å². The number of carbonyl (C=O) groups is 2. The molecule has 0 spiro atoms. The van der Waals surface area contributed by atoms with Crippen molar-refractivity contribution in [3.05, 3.63) is 70.3 Å². The van der Waals surface area contributed by atoms with Crippen molar-refractivity contribution in [1.29, 1.82) is 0 Å². The van der Waals surface area contributed by atoms with E-state index in [-0.39, 0.29) is 11.8 Å². The summed E-state index contributed by atoms with van der Waals surface area (Å²) in [4.78, 5) is 28.6. The molecule has 0 saturated carbocycles. The van der Waals surface area contributed by atoms with Crippen molar-refractivity contribution < 1.29 is 14.3 Å². The van der Waals surface area contributed by atoms with Gasteiger partial charge in [0.15, 0.2) is 0 Å². The van der Waals surface area contributed by atoms with Crippen LogP contribution in [0.25, 0.3) is 6.08 Å². The van der Waals surface area contributed by atoms with Gasteiger partial charge in [-0.25, -0.2) is 0 Å². The normalized spacial score (nSPS) is 14.4. The lowest BCUT2D eigenvalue weighted by Gasteiger charge is -2.34. The zero-order valence-electron chi connectivity index (χ0n) is 16.0. The number of amides is 2. The third-order valence-corrected chi connectivity index (χ3v) is 5.24. The third-order valence-electron chi connectivity index (χ3n) is 4.82. The van der Waals surface area contributed by atoms with Crippen LogP contribution in [0, 0.1) is 6.92 Å². The Balaban J connectivity index is 1.55. The van der Waals surface area contributed by atoms with E-state index in [0.717, 1.165) is 16.9 Å². The molecule has 2 aromatic rings. The van der Waals surface area contributed by atoms with Gasteiger partial charge in [0.05, 0.1) is 7.11 Å². The van der Waals surface area contributed by atoms with Crippen LogP contribution in [0.3, 0.4) is 0 Å². The number of aryl methyl sites for hydroxylation is 1. The Labute approximate surface area is 170 Å². The van der Waals surface area contributed by atoms with E-state index < -0.39 is 0 Å². The molecule has 0 atom stereocenters. The fraction of sp³-hybridized carbons (Fsp3) is 0.273. The lowest BCUT2D eigenvalue weighted by molar-refractivity contribution is -0.127. The Bertz CT molecular complexity index is 885. The molecule has 1 heterocycles. The van der Waals surface area contributed by atoms with Crippen molar-refractivity contribution in [2.45, 2.75) is 6.92 Å². The molecule has 2 amide bonds. The van der Waals surface area contributed by atoms with E-state index in [9.17, 15) is 9.59 Å². The van der Waals surface area contributed by atoms with E-state index in [1.54, 1.807) is 47.3 Å². The maximum atomic E-state index is 12.7. The Kier molecular flexibility index (Phi) is 6.37. The van der Waals surface area contributed by atoms with E-state index in [2.05, 4.69) is 0 Å². The predicted octanol–water partition coefficient (Wildman–Crippen LogP) is 3.65. The average Bonchev–Trinajstić information content (AvgIpc) is 2.74. The van der Waals surface area contributed by atoms with Crippen LogP contribution < -0.4 is 4.74 Å². The van der Waals surface area contributed by atoms with Crippen LogP contribution in [0.1, 0.15) is 21.5 Å². The van der Waals surface area contributed by atoms with Crippen LogP contribution >= 0.6 is 11.6 Å². The summed E-state index contributed by atoms with van der Waals surface area (Å²) in [7, 11) is 1.62. The first-order chi connectivity index (χ1) is 13.5. The van der Waals surface area contributed by atoms with E-state index >= 15 is 0 Å². The fourth-order valence-electron chi connectivity index (χ4n) is 3.08. The summed E-state index contributed by atoms with van der Waals surface area (Å²) in [6.45, 7) is 3.95. The number of piperazine rings is 1. The van der Waals surface area contributed by atoms with Gasteiger partial charge in [-0.1, -0.05) is 23.7 Å². The second-order valence-electron chi connectivity index (χ2n) is 6.69. The highest BCUT2D eigenvalue weighted by Crippen LogP contribution is 2.18. The van der Waals surface area contributed by atoms with Gasteiger partial charge >= 0.3 is 0 Å². The molecule has 1 aliphatic heterocycles. The summed E-state index contributed by atoms with van der Waals surface area (Å²) in [5, 5.41) is 0.649. The topological polar surface area (TPSA) is 49.9 Å². The highest BCUT2D eigenvalue weighted by Gasteiger charge is 2.24. The molecule has 0 N–H and O–H groups in total. The quantitative estimate of drug-likeness (QED) is 0.738. The zero-order chi connectivity index (χ0) is 20.1. The molecule has 0 aliphatic carbocycles. The van der Waals surface area contributed by atoms with Gasteiger partial charge in [-0.2, -0.15) is 0 Å². The number of ether oxygens (including phenoxy) is 1. The molecular formula is C22H23ClN2O3. The van der Waals surface area contributed by atoms with Crippen LogP contribution in [0.5, 0.6) is 5.75 Å². The van der Waals surface area contributed by atoms with Crippen molar-refractivity contribution in [3.63, 3.8) is 0 Å². The first-order valence-corrected chi connectivity index (χ1v) is 9.52. The van der Waals surface area contributed by atoms with Crippen molar-refractivity contribution in [2.75, 3.05) is 33.3 Å². The van der Waals surface area contributed by atoms with Gasteiger partial charge in [-0.05, 0) is 54.5 Å². The first-order valence-electron chi connectivity index (χ1n) is 9.14. The molecule has 1 aliphatic rings. The van der Waals surface area contributed by atoms with Crippen LogP contribution in [-0.2, 0) is 4.79 Å². The number of hydrogen-bond acceptors (Lipinski definition) is 3. The number of benzene rings is 2. The van der Waals surface area contributed by atoms with Crippen molar-refractivity contribution in [2.24, 2.45) is 0 Å². The van der Waals surface area contributed by atoms with Crippen LogP contribution in [0.2, 0.25) is 5.02 Å². The van der Waals surface area contributed by atoms with Gasteiger partial charge in [0.2, 0.25) is 5.91 Å². The molecule has 3 rings (SSSR count). The molecule has 28 heavy (non-hydrogen) atoms. The Hall–Kier alpha value is -2.79. The molecule has 146 valence electrons. The minimum atomic E-state index is -0.0507. The van der Waals surface area contributed by atoms with Crippen LogP contribution in [-0.4, -0.2) is 54.9 Å². The molecular weight excluding hydrogens is 376 g/mol. The number of hydrogen-bond donors (Lipinski definition) is 0. The number of halogens is 1. The predicted molar refractivity (Wildman–Crippen MR) is 111 cm³/mol. The van der Waals surface area contributed by atoms with Crippen LogP contribution in [0.4, 0.5) is 0 Å². The number of nitrogens with zero attached hydrogens (tertiary/aromatic N) is 2. The number of carbonyl (C=O) groups excluding carboxylic acids is 2. The molecule has 0 bridgehead atoms. The summed E-state index contributed by atoms with van der Waals surface area (Å²) in [6, 6.07) is 12.8. The molecule has 0 unspecified atom stereocenters. The SMILES string of the molecule is COc1ccc(/C=C/C(=O)N2CCN(C(=O)c3ccc(Cl)c(C)c3)CC2)cc1. The lowest BCUT2D eigenvalue weighted by atomic mass is 10.1.